The van der Waals surface area contributed by atoms with E-state index in [0.29, 0.717) is 6.54 Å². The highest BCUT2D eigenvalue weighted by atomic mass is 32.1. The first-order valence-corrected chi connectivity index (χ1v) is 10.4. The minimum absolute atomic E-state index is 0.0208. The number of aromatic nitrogens is 2. The molecule has 0 saturated heterocycles. The topological polar surface area (TPSA) is 75.4 Å². The Bertz CT molecular complexity index is 975. The Morgan fingerprint density at radius 3 is 2.30 bits per heavy atom. The molecule has 1 amide bonds. The lowest BCUT2D eigenvalue weighted by atomic mass is 9.93. The number of hydrogen-bond acceptors (Lipinski definition) is 6. The van der Waals surface area contributed by atoms with Crippen molar-refractivity contribution in [1.82, 2.24) is 14.7 Å². The van der Waals surface area contributed by atoms with Crippen LogP contribution in [0.5, 0.6) is 5.75 Å². The summed E-state index contributed by atoms with van der Waals surface area (Å²) in [5, 5.41) is 18.7. The molecule has 3 aromatic rings. The van der Waals surface area contributed by atoms with E-state index in [0.717, 1.165) is 16.0 Å². The summed E-state index contributed by atoms with van der Waals surface area (Å²) in [6.07, 6.45) is 1.09. The molecular formula is C19H19N3O3S2. The van der Waals surface area contributed by atoms with Gasteiger partial charge in [0.1, 0.15) is 0 Å². The van der Waals surface area contributed by atoms with Gasteiger partial charge >= 0.3 is 0 Å². The largest absolute Gasteiger partial charge is 0.502 e. The van der Waals surface area contributed by atoms with Gasteiger partial charge in [-0.3, -0.25) is 14.3 Å². The lowest BCUT2D eigenvalue weighted by molar-refractivity contribution is 0.0571. The van der Waals surface area contributed by atoms with E-state index in [1.54, 1.807) is 32.3 Å². The molecule has 0 bridgehead atoms. The maximum absolute atomic E-state index is 12.9. The van der Waals surface area contributed by atoms with Gasteiger partial charge in [0.25, 0.3) is 5.91 Å². The third kappa shape index (κ3) is 2.98. The molecule has 0 aliphatic carbocycles. The van der Waals surface area contributed by atoms with Crippen LogP contribution < -0.4 is 5.43 Å². The summed E-state index contributed by atoms with van der Waals surface area (Å²) in [4.78, 5) is 28.9. The summed E-state index contributed by atoms with van der Waals surface area (Å²) in [6, 6.07) is 7.89. The highest BCUT2D eigenvalue weighted by Gasteiger charge is 2.40. The molecule has 0 spiro atoms. The number of aromatic hydroxyl groups is 1. The molecule has 27 heavy (non-hydrogen) atoms. The van der Waals surface area contributed by atoms with Crippen molar-refractivity contribution in [2.75, 3.05) is 6.54 Å². The summed E-state index contributed by atoms with van der Waals surface area (Å²) >= 11 is 3.31. The van der Waals surface area contributed by atoms with Crippen molar-refractivity contribution in [1.29, 1.82) is 0 Å². The minimum Gasteiger partial charge on any atom is -0.502 e. The zero-order valence-corrected chi connectivity index (χ0v) is 16.5. The van der Waals surface area contributed by atoms with E-state index < -0.39 is 11.2 Å². The smallest absolute Gasteiger partial charge is 0.276 e. The van der Waals surface area contributed by atoms with Crippen LogP contribution in [0.1, 0.15) is 46.0 Å². The Labute approximate surface area is 164 Å². The molecule has 1 unspecified atom stereocenters. The van der Waals surface area contributed by atoms with E-state index in [9.17, 15) is 14.7 Å². The van der Waals surface area contributed by atoms with Gasteiger partial charge in [0, 0.05) is 22.3 Å². The first kappa shape index (κ1) is 17.9. The second-order valence-corrected chi connectivity index (χ2v) is 8.74. The van der Waals surface area contributed by atoms with Gasteiger partial charge in [0.2, 0.25) is 5.43 Å². The Balaban J connectivity index is 1.94. The molecule has 8 heteroatoms. The van der Waals surface area contributed by atoms with E-state index in [4.69, 9.17) is 0 Å². The summed E-state index contributed by atoms with van der Waals surface area (Å²) < 4.78 is 1.54. The molecule has 1 N–H and O–H groups in total. The summed E-state index contributed by atoms with van der Waals surface area (Å²) in [7, 11) is 0. The van der Waals surface area contributed by atoms with E-state index >= 15 is 0 Å². The highest BCUT2D eigenvalue weighted by Crippen LogP contribution is 2.42. The van der Waals surface area contributed by atoms with Gasteiger partial charge < -0.3 is 10.0 Å². The van der Waals surface area contributed by atoms with Crippen molar-refractivity contribution in [2.24, 2.45) is 0 Å². The lowest BCUT2D eigenvalue weighted by Gasteiger charge is -2.40. The van der Waals surface area contributed by atoms with Crippen LogP contribution in [0.4, 0.5) is 0 Å². The third-order valence-electron chi connectivity index (χ3n) is 4.86. The first-order valence-electron chi connectivity index (χ1n) is 8.67. The average molecular weight is 402 g/mol. The zero-order chi connectivity index (χ0) is 19.1. The van der Waals surface area contributed by atoms with Gasteiger partial charge in [0.15, 0.2) is 11.4 Å². The molecule has 0 aromatic carbocycles. The first-order chi connectivity index (χ1) is 13.0. The van der Waals surface area contributed by atoms with Crippen LogP contribution in [0.3, 0.4) is 0 Å². The second kappa shape index (κ2) is 6.94. The maximum Gasteiger partial charge on any atom is 0.276 e. The predicted octanol–water partition coefficient (Wildman–Crippen LogP) is 3.31. The van der Waals surface area contributed by atoms with Crippen LogP contribution in [-0.2, 0) is 0 Å². The van der Waals surface area contributed by atoms with Crippen LogP contribution in [0.25, 0.3) is 0 Å². The molecule has 4 heterocycles. The lowest BCUT2D eigenvalue weighted by Crippen LogP contribution is -2.49. The number of amides is 1. The van der Waals surface area contributed by atoms with E-state index in [-0.39, 0.29) is 29.6 Å². The van der Waals surface area contributed by atoms with Gasteiger partial charge in [-0.25, -0.2) is 0 Å². The van der Waals surface area contributed by atoms with Crippen molar-refractivity contribution >= 4 is 28.6 Å². The Morgan fingerprint density at radius 2 is 1.78 bits per heavy atom. The summed E-state index contributed by atoms with van der Waals surface area (Å²) in [6.45, 7) is 4.32. The number of rotatable bonds is 4. The minimum atomic E-state index is -0.636. The predicted molar refractivity (Wildman–Crippen MR) is 106 cm³/mol. The molecule has 0 fully saturated rings. The average Bonchev–Trinajstić information content (AvgIpc) is 3.34. The van der Waals surface area contributed by atoms with Gasteiger partial charge in [-0.2, -0.15) is 5.10 Å². The van der Waals surface area contributed by atoms with Crippen LogP contribution in [-0.4, -0.2) is 38.3 Å². The SMILES string of the molecule is CC(C)N1CC(C(c2cccs2)c2cccs2)n2ncc(=O)c(O)c2C1=O. The quantitative estimate of drug-likeness (QED) is 0.728. The molecule has 0 saturated carbocycles. The third-order valence-corrected chi connectivity index (χ3v) is 6.77. The Hall–Kier alpha value is -2.45. The fraction of sp³-hybridized carbons (Fsp3) is 0.316. The van der Waals surface area contributed by atoms with Gasteiger partial charge in [-0.05, 0) is 36.7 Å². The van der Waals surface area contributed by atoms with Crippen LogP contribution in [0.2, 0.25) is 0 Å². The molecule has 140 valence electrons. The molecule has 1 aliphatic heterocycles. The number of carbonyl (C=O) groups excluding carboxylic acids is 1. The number of carbonyl (C=O) groups is 1. The molecule has 6 nitrogen and oxygen atoms in total. The van der Waals surface area contributed by atoms with E-state index in [2.05, 4.69) is 17.2 Å². The number of hydrogen-bond donors (Lipinski definition) is 1. The van der Waals surface area contributed by atoms with Crippen molar-refractivity contribution in [3.63, 3.8) is 0 Å². The highest BCUT2D eigenvalue weighted by molar-refractivity contribution is 7.11. The molecule has 1 aliphatic rings. The zero-order valence-electron chi connectivity index (χ0n) is 14.9. The molecule has 3 aromatic heterocycles. The summed E-state index contributed by atoms with van der Waals surface area (Å²) in [5.41, 5.74) is -0.659. The van der Waals surface area contributed by atoms with Crippen molar-refractivity contribution in [3.05, 3.63) is 66.9 Å². The van der Waals surface area contributed by atoms with Crippen LogP contribution in [0, 0.1) is 0 Å². The van der Waals surface area contributed by atoms with E-state index in [1.807, 2.05) is 36.7 Å². The van der Waals surface area contributed by atoms with Gasteiger partial charge in [-0.1, -0.05) is 12.1 Å². The molecule has 4 rings (SSSR count). The fourth-order valence-electron chi connectivity index (χ4n) is 3.56. The fourth-order valence-corrected chi connectivity index (χ4v) is 5.43. The summed E-state index contributed by atoms with van der Waals surface area (Å²) in [5.74, 6) is -0.908. The Morgan fingerprint density at radius 1 is 1.15 bits per heavy atom. The van der Waals surface area contributed by atoms with Gasteiger partial charge in [-0.15, -0.1) is 22.7 Å². The normalized spacial score (nSPS) is 17.0. The Kier molecular flexibility index (Phi) is 4.61. The maximum atomic E-state index is 12.9. The number of nitrogens with zero attached hydrogens (tertiary/aromatic N) is 3. The number of fused-ring (bicyclic) bond motifs is 1. The van der Waals surface area contributed by atoms with Crippen molar-refractivity contribution < 1.29 is 9.90 Å². The van der Waals surface area contributed by atoms with E-state index in [1.165, 1.54) is 0 Å². The standard InChI is InChI=1S/C19H19N3O3S2/c1-11(2)21-10-12(22-17(19(21)25)18(24)13(23)9-20-22)16(14-5-3-7-26-14)15-6-4-8-27-15/h3-9,11-12,16,24H,10H2,1-2H3. The van der Waals surface area contributed by atoms with Gasteiger partial charge in [0.05, 0.1) is 18.2 Å². The molecule has 1 atom stereocenters. The number of thiophene rings is 2. The van der Waals surface area contributed by atoms with Crippen molar-refractivity contribution in [3.8, 4) is 5.75 Å². The second-order valence-electron chi connectivity index (χ2n) is 6.78. The molecular weight excluding hydrogens is 382 g/mol. The van der Waals surface area contributed by atoms with Crippen LogP contribution in [0.15, 0.2) is 46.0 Å². The monoisotopic (exact) mass is 401 g/mol. The van der Waals surface area contributed by atoms with Crippen LogP contribution >= 0.6 is 22.7 Å². The molecule has 0 radical (unpaired) electrons. The van der Waals surface area contributed by atoms with Crippen molar-refractivity contribution in [2.45, 2.75) is 31.8 Å².